The Kier molecular flexibility index (Phi) is 4.01. The Bertz CT molecular complexity index is 840. The summed E-state index contributed by atoms with van der Waals surface area (Å²) in [5.41, 5.74) is 2.60. The molecule has 0 atom stereocenters. The molecule has 1 aliphatic heterocycles. The number of thioether (sulfide) groups is 1. The van der Waals surface area contributed by atoms with E-state index in [1.807, 2.05) is 12.1 Å². The second-order valence-corrected chi connectivity index (χ2v) is 6.02. The largest absolute Gasteiger partial charge is 0.422 e. The third-order valence-electron chi connectivity index (χ3n) is 3.35. The van der Waals surface area contributed by atoms with Gasteiger partial charge in [-0.05, 0) is 41.0 Å². The van der Waals surface area contributed by atoms with Gasteiger partial charge in [-0.2, -0.15) is 18.4 Å². The highest BCUT2D eigenvalue weighted by Gasteiger charge is 2.37. The average molecular weight is 329 g/mol. The summed E-state index contributed by atoms with van der Waals surface area (Å²) in [4.78, 5) is -0.0868. The molecule has 114 valence electrons. The lowest BCUT2D eigenvalue weighted by atomic mass is 10.0. The first-order valence-corrected chi connectivity index (χ1v) is 7.57. The van der Waals surface area contributed by atoms with Gasteiger partial charge in [0, 0.05) is 4.91 Å². The number of halogens is 3. The van der Waals surface area contributed by atoms with Crippen LogP contribution < -0.4 is 0 Å². The van der Waals surface area contributed by atoms with Crippen molar-refractivity contribution in [2.24, 2.45) is 0 Å². The van der Waals surface area contributed by atoms with Gasteiger partial charge in [0.2, 0.25) is 0 Å². The van der Waals surface area contributed by atoms with E-state index in [-0.39, 0.29) is 0 Å². The fourth-order valence-corrected chi connectivity index (χ4v) is 3.27. The zero-order chi connectivity index (χ0) is 16.4. The molecule has 0 bridgehead atoms. The van der Waals surface area contributed by atoms with Gasteiger partial charge in [0.1, 0.15) is 0 Å². The topological polar surface area (TPSA) is 23.8 Å². The molecule has 0 saturated heterocycles. The number of fused-ring (bicyclic) bond motifs is 1. The Hall–Kier alpha value is -2.45. The Morgan fingerprint density at radius 1 is 1.00 bits per heavy atom. The second kappa shape index (κ2) is 5.98. The maximum absolute atomic E-state index is 13.1. The fraction of sp³-hybridized carbons (Fsp3) is 0.0556. The quantitative estimate of drug-likeness (QED) is 0.669. The number of nitriles is 1. The molecule has 1 nitrogen and oxygen atoms in total. The van der Waals surface area contributed by atoms with Crippen LogP contribution in [0.4, 0.5) is 13.2 Å². The van der Waals surface area contributed by atoms with E-state index in [0.29, 0.717) is 16.0 Å². The van der Waals surface area contributed by atoms with Crippen molar-refractivity contribution >= 4 is 28.8 Å². The fourth-order valence-electron chi connectivity index (χ4n) is 2.24. The van der Waals surface area contributed by atoms with Crippen LogP contribution in [0.2, 0.25) is 0 Å². The van der Waals surface area contributed by atoms with Gasteiger partial charge < -0.3 is 0 Å². The van der Waals surface area contributed by atoms with Gasteiger partial charge in [-0.1, -0.05) is 48.2 Å². The van der Waals surface area contributed by atoms with E-state index in [9.17, 15) is 13.2 Å². The first-order valence-electron chi connectivity index (χ1n) is 6.75. The minimum atomic E-state index is -4.37. The molecule has 0 aliphatic carbocycles. The highest BCUT2D eigenvalue weighted by Crippen LogP contribution is 2.48. The van der Waals surface area contributed by atoms with Crippen molar-refractivity contribution < 1.29 is 13.2 Å². The summed E-state index contributed by atoms with van der Waals surface area (Å²) in [6, 6.07) is 15.8. The normalized spacial score (nSPS) is 15.7. The molecule has 2 aromatic carbocycles. The minimum Gasteiger partial charge on any atom is -0.192 e. The van der Waals surface area contributed by atoms with E-state index in [1.165, 1.54) is 6.08 Å². The van der Waals surface area contributed by atoms with Crippen LogP contribution in [0.15, 0.2) is 53.4 Å². The van der Waals surface area contributed by atoms with Crippen LogP contribution in [-0.4, -0.2) is 6.18 Å². The predicted molar refractivity (Wildman–Crippen MR) is 87.1 cm³/mol. The molecule has 0 amide bonds. The lowest BCUT2D eigenvalue weighted by Gasteiger charge is -2.20. The van der Waals surface area contributed by atoms with Gasteiger partial charge in [0.15, 0.2) is 0 Å². The standard InChI is InChI=1S/C18H10F3NS/c19-18(20,21)17-10-14-3-1-2-4-15(14)16(23-17)9-12-5-7-13(11-22)8-6-12/h1-10H/b16-9-. The number of alkyl halides is 3. The molecule has 0 N–H and O–H groups in total. The van der Waals surface area contributed by atoms with E-state index in [0.717, 1.165) is 22.9 Å². The molecular weight excluding hydrogens is 319 g/mol. The van der Waals surface area contributed by atoms with E-state index >= 15 is 0 Å². The van der Waals surface area contributed by atoms with Crippen molar-refractivity contribution in [2.45, 2.75) is 6.18 Å². The van der Waals surface area contributed by atoms with Crippen molar-refractivity contribution in [3.8, 4) is 6.07 Å². The van der Waals surface area contributed by atoms with Gasteiger partial charge in [0.25, 0.3) is 0 Å². The summed E-state index contributed by atoms with van der Waals surface area (Å²) >= 11 is 0.718. The summed E-state index contributed by atoms with van der Waals surface area (Å²) in [6.45, 7) is 0. The monoisotopic (exact) mass is 329 g/mol. The summed E-state index contributed by atoms with van der Waals surface area (Å²) < 4.78 is 39.3. The highest BCUT2D eigenvalue weighted by molar-refractivity contribution is 8.12. The molecule has 0 spiro atoms. The molecule has 1 aliphatic rings. The van der Waals surface area contributed by atoms with E-state index in [4.69, 9.17) is 5.26 Å². The molecule has 0 saturated carbocycles. The number of allylic oxidation sites excluding steroid dienone is 1. The maximum atomic E-state index is 13.1. The van der Waals surface area contributed by atoms with Crippen LogP contribution in [0.25, 0.3) is 17.1 Å². The molecule has 0 radical (unpaired) electrons. The Labute approximate surface area is 135 Å². The van der Waals surface area contributed by atoms with Crippen LogP contribution >= 0.6 is 11.8 Å². The maximum Gasteiger partial charge on any atom is 0.422 e. The smallest absolute Gasteiger partial charge is 0.192 e. The number of rotatable bonds is 1. The molecule has 0 unspecified atom stereocenters. The zero-order valence-corrected chi connectivity index (χ0v) is 12.6. The first kappa shape index (κ1) is 15.4. The van der Waals surface area contributed by atoms with Crippen LogP contribution in [0, 0.1) is 11.3 Å². The molecule has 23 heavy (non-hydrogen) atoms. The van der Waals surface area contributed by atoms with Gasteiger partial charge in [0.05, 0.1) is 16.5 Å². The van der Waals surface area contributed by atoms with Crippen LogP contribution in [-0.2, 0) is 0 Å². The van der Waals surface area contributed by atoms with Gasteiger partial charge >= 0.3 is 6.18 Å². The Morgan fingerprint density at radius 2 is 1.70 bits per heavy atom. The molecule has 0 aromatic heterocycles. The van der Waals surface area contributed by atoms with Crippen LogP contribution in [0.3, 0.4) is 0 Å². The van der Waals surface area contributed by atoms with Crippen molar-refractivity contribution in [1.82, 2.24) is 0 Å². The molecule has 0 fully saturated rings. The molecule has 1 heterocycles. The SMILES string of the molecule is N#Cc1ccc(/C=C2\SC(C(F)(F)F)=Cc3ccccc32)cc1. The van der Waals surface area contributed by atoms with Gasteiger partial charge in [-0.3, -0.25) is 0 Å². The Balaban J connectivity index is 2.06. The molecule has 3 rings (SSSR count). The predicted octanol–water partition coefficient (Wildman–Crippen LogP) is 5.71. The van der Waals surface area contributed by atoms with Crippen molar-refractivity contribution in [3.63, 3.8) is 0 Å². The van der Waals surface area contributed by atoms with Gasteiger partial charge in [-0.25, -0.2) is 0 Å². The zero-order valence-electron chi connectivity index (χ0n) is 11.8. The van der Waals surface area contributed by atoms with Crippen molar-refractivity contribution in [3.05, 3.63) is 75.7 Å². The number of hydrogen-bond acceptors (Lipinski definition) is 2. The summed E-state index contributed by atoms with van der Waals surface area (Å²) in [5, 5.41) is 8.80. The summed E-state index contributed by atoms with van der Waals surface area (Å²) in [7, 11) is 0. The molecular formula is C18H10F3NS. The number of benzene rings is 2. The second-order valence-electron chi connectivity index (χ2n) is 4.94. The average Bonchev–Trinajstić information content (AvgIpc) is 2.54. The van der Waals surface area contributed by atoms with E-state index in [1.54, 1.807) is 48.5 Å². The third kappa shape index (κ3) is 3.33. The number of hydrogen-bond donors (Lipinski definition) is 0. The number of nitrogens with zero attached hydrogens (tertiary/aromatic N) is 1. The van der Waals surface area contributed by atoms with Crippen molar-refractivity contribution in [1.29, 1.82) is 5.26 Å². The summed E-state index contributed by atoms with van der Waals surface area (Å²) in [6.07, 6.45) is -1.48. The van der Waals surface area contributed by atoms with E-state index in [2.05, 4.69) is 0 Å². The van der Waals surface area contributed by atoms with Crippen LogP contribution in [0.1, 0.15) is 22.3 Å². The van der Waals surface area contributed by atoms with Gasteiger partial charge in [-0.15, -0.1) is 0 Å². The lowest BCUT2D eigenvalue weighted by molar-refractivity contribution is -0.0827. The van der Waals surface area contributed by atoms with E-state index < -0.39 is 11.1 Å². The molecule has 2 aromatic rings. The van der Waals surface area contributed by atoms with Crippen molar-refractivity contribution in [2.75, 3.05) is 0 Å². The van der Waals surface area contributed by atoms with Crippen LogP contribution in [0.5, 0.6) is 0 Å². The third-order valence-corrected chi connectivity index (χ3v) is 4.48. The Morgan fingerprint density at radius 3 is 2.35 bits per heavy atom. The minimum absolute atomic E-state index is 0.514. The highest BCUT2D eigenvalue weighted by atomic mass is 32.2. The summed E-state index contributed by atoms with van der Waals surface area (Å²) in [5.74, 6) is 0. The first-order chi connectivity index (χ1) is 11.0. The lowest BCUT2D eigenvalue weighted by Crippen LogP contribution is -2.11. The molecule has 5 heteroatoms.